The van der Waals surface area contributed by atoms with Gasteiger partial charge in [0, 0.05) is 22.3 Å². The maximum Gasteiger partial charge on any atom is 0.346 e. The highest BCUT2D eigenvalue weighted by Gasteiger charge is 2.49. The summed E-state index contributed by atoms with van der Waals surface area (Å²) in [6, 6.07) is 36.1. The van der Waals surface area contributed by atoms with Crippen molar-refractivity contribution in [2.45, 2.75) is 194 Å². The van der Waals surface area contributed by atoms with Crippen LogP contribution in [0.25, 0.3) is 11.1 Å². The summed E-state index contributed by atoms with van der Waals surface area (Å²) in [7, 11) is -3.28. The van der Waals surface area contributed by atoms with E-state index in [9.17, 15) is 23.6 Å². The van der Waals surface area contributed by atoms with Crippen molar-refractivity contribution in [3.63, 3.8) is 0 Å². The Bertz CT molecular complexity index is 3070. The van der Waals surface area contributed by atoms with E-state index in [1.54, 1.807) is 72.8 Å². The fraction of sp³-hybridized carbons (Fsp3) is 0.444. The molecule has 0 aliphatic rings. The molecule has 0 saturated carbocycles. The maximum absolute atomic E-state index is 15.0. The molecule has 0 bridgehead atoms. The van der Waals surface area contributed by atoms with Crippen LogP contribution < -0.4 is 28.4 Å². The number of hydrogen-bond acceptors (Lipinski definition) is 10. The van der Waals surface area contributed by atoms with Crippen LogP contribution in [0.2, 0.25) is 51.9 Å². The third-order valence-electron chi connectivity index (χ3n) is 17.1. The molecule has 0 spiro atoms. The second-order valence-corrected chi connectivity index (χ2v) is 54.6. The minimum absolute atomic E-state index is 0.00895. The molecule has 15 heteroatoms. The monoisotopic (exact) mass is 1240 g/mol. The van der Waals surface area contributed by atoms with Crippen molar-refractivity contribution in [2.24, 2.45) is 0 Å². The molecule has 0 radical (unpaired) electrons. The molecule has 0 aliphatic heterocycles. The number of carbonyl (C=O) groups excluding carboxylic acids is 4. The summed E-state index contributed by atoms with van der Waals surface area (Å²) in [4.78, 5) is 52.1. The maximum atomic E-state index is 15.0. The highest BCUT2D eigenvalue weighted by molar-refractivity contribution is 7.68. The summed E-state index contributed by atoms with van der Waals surface area (Å²) in [5, 5.41) is 0. The summed E-state index contributed by atoms with van der Waals surface area (Å²) >= 11 is 0. The largest absolute Gasteiger partial charge is 0.494 e. The van der Waals surface area contributed by atoms with Gasteiger partial charge in [-0.05, 0) is 133 Å². The molecule has 0 unspecified atom stereocenters. The first kappa shape index (κ1) is 69.4. The summed E-state index contributed by atoms with van der Waals surface area (Å²) in [6.45, 7) is 21.6. The Hall–Kier alpha value is -6.69. The van der Waals surface area contributed by atoms with Crippen LogP contribution in [-0.2, 0) is 0 Å². The molecule has 0 aromatic heterocycles. The minimum Gasteiger partial charge on any atom is -0.494 e. The molecule has 0 aliphatic carbocycles. The van der Waals surface area contributed by atoms with Gasteiger partial charge in [-0.25, -0.2) is 23.6 Å². The summed E-state index contributed by atoms with van der Waals surface area (Å²) < 4.78 is 63.6. The van der Waals surface area contributed by atoms with E-state index in [1.165, 1.54) is 151 Å². The van der Waals surface area contributed by atoms with Crippen molar-refractivity contribution < 1.29 is 56.4 Å². The zero-order valence-electron chi connectivity index (χ0n) is 53.0. The molecule has 6 aromatic carbocycles. The van der Waals surface area contributed by atoms with E-state index in [1.807, 2.05) is 6.07 Å². The van der Waals surface area contributed by atoms with Gasteiger partial charge in [-0.15, -0.1) is 0 Å². The smallest absolute Gasteiger partial charge is 0.346 e. The second kappa shape index (κ2) is 35.3. The molecule has 468 valence electrons. The third-order valence-corrected chi connectivity index (χ3v) is 59.9. The molecular formula is C72H94F2O10Si3. The van der Waals surface area contributed by atoms with Gasteiger partial charge in [0.25, 0.3) is 0 Å². The van der Waals surface area contributed by atoms with E-state index in [4.69, 9.17) is 28.4 Å². The minimum atomic E-state index is -1.37. The summed E-state index contributed by atoms with van der Waals surface area (Å²) in [5.41, 5.74) is 1.67. The van der Waals surface area contributed by atoms with Crippen LogP contribution in [-0.4, -0.2) is 59.4 Å². The molecule has 0 saturated heterocycles. The molecule has 0 fully saturated rings. The molecule has 0 amide bonds. The van der Waals surface area contributed by atoms with Crippen LogP contribution >= 0.6 is 0 Å². The lowest BCUT2D eigenvalue weighted by Gasteiger charge is -2.48. The number of halogens is 2. The number of carbonyl (C=O) groups is 4. The lowest BCUT2D eigenvalue weighted by Crippen LogP contribution is -2.69. The normalized spacial score (nSPS) is 11.7. The SMILES string of the molecule is CCCCCCCCCCCCCCOc1ccc(C(=O)Oc2ccc(C(=O)Oc3cccc(-c4ccc(OC(=O)c5ccc(OC(=O)c6ccc(OCCCCCCCCCCC[Si](C)([Si](C)(C)C)[Si](C)(C)C)cc6)cc5)cc4)c3)cc2)c(F)c1F. The van der Waals surface area contributed by atoms with Gasteiger partial charge in [0.15, 0.2) is 11.6 Å². The van der Waals surface area contributed by atoms with Crippen molar-refractivity contribution in [1.82, 2.24) is 0 Å². The fourth-order valence-electron chi connectivity index (χ4n) is 10.9. The average molecular weight is 1240 g/mol. The van der Waals surface area contributed by atoms with Gasteiger partial charge in [0.1, 0.15) is 28.7 Å². The van der Waals surface area contributed by atoms with E-state index in [-0.39, 0.29) is 40.7 Å². The van der Waals surface area contributed by atoms with Gasteiger partial charge >= 0.3 is 23.9 Å². The van der Waals surface area contributed by atoms with Crippen molar-refractivity contribution in [2.75, 3.05) is 13.2 Å². The van der Waals surface area contributed by atoms with Crippen molar-refractivity contribution in [3.8, 4) is 45.6 Å². The van der Waals surface area contributed by atoms with E-state index >= 15 is 4.39 Å². The number of benzene rings is 6. The Morgan fingerprint density at radius 2 is 0.736 bits per heavy atom. The number of unbranched alkanes of at least 4 members (excludes halogenated alkanes) is 19. The summed E-state index contributed by atoms with van der Waals surface area (Å²) in [5.74, 6) is -4.27. The Morgan fingerprint density at radius 1 is 0.356 bits per heavy atom. The van der Waals surface area contributed by atoms with Gasteiger partial charge in [0.2, 0.25) is 5.82 Å². The van der Waals surface area contributed by atoms with Crippen molar-refractivity contribution in [1.29, 1.82) is 0 Å². The zero-order chi connectivity index (χ0) is 62.7. The highest BCUT2D eigenvalue weighted by atomic mass is 29.6. The fourth-order valence-corrected chi connectivity index (χ4v) is 48.2. The molecular weight excluding hydrogens is 1150 g/mol. The average Bonchev–Trinajstić information content (AvgIpc) is 1.39. The Kier molecular flexibility index (Phi) is 28.2. The van der Waals surface area contributed by atoms with E-state index in [0.29, 0.717) is 30.1 Å². The Balaban J connectivity index is 0.850. The number of hydrogen-bond donors (Lipinski definition) is 0. The topological polar surface area (TPSA) is 124 Å². The lowest BCUT2D eigenvalue weighted by molar-refractivity contribution is 0.0717. The third kappa shape index (κ3) is 22.4. The molecule has 10 nitrogen and oxygen atoms in total. The van der Waals surface area contributed by atoms with Crippen LogP contribution in [0.3, 0.4) is 0 Å². The highest BCUT2D eigenvalue weighted by Crippen LogP contribution is 2.35. The molecule has 87 heavy (non-hydrogen) atoms. The Labute approximate surface area is 519 Å². The van der Waals surface area contributed by atoms with Crippen LogP contribution in [0.1, 0.15) is 183 Å². The predicted octanol–water partition coefficient (Wildman–Crippen LogP) is 20.4. The van der Waals surface area contributed by atoms with Crippen LogP contribution in [0.15, 0.2) is 133 Å². The van der Waals surface area contributed by atoms with Gasteiger partial charge in [-0.3, -0.25) is 0 Å². The number of ether oxygens (including phenoxy) is 6. The van der Waals surface area contributed by atoms with Crippen molar-refractivity contribution in [3.05, 3.63) is 167 Å². The van der Waals surface area contributed by atoms with Gasteiger partial charge in [-0.2, -0.15) is 4.39 Å². The van der Waals surface area contributed by atoms with Crippen LogP contribution in [0.4, 0.5) is 8.78 Å². The molecule has 0 N–H and O–H groups in total. The van der Waals surface area contributed by atoms with Gasteiger partial charge in [-0.1, -0.05) is 205 Å². The summed E-state index contributed by atoms with van der Waals surface area (Å²) in [6.07, 6.45) is 25.6. The Morgan fingerprint density at radius 3 is 1.18 bits per heavy atom. The van der Waals surface area contributed by atoms with Crippen LogP contribution in [0.5, 0.6) is 34.5 Å². The lowest BCUT2D eigenvalue weighted by atomic mass is 10.1. The van der Waals surface area contributed by atoms with E-state index in [0.717, 1.165) is 49.3 Å². The standard InChI is InChI=1S/C72H94F2O10Si3/c1-9-10-11-12-13-14-15-16-18-22-25-28-52-80-66-50-49-65(67(73)68(66)74)72(78)83-63-47-39-58(40-48-63)71(77)84-64-32-30-31-59(54-64)55-33-43-61(44-34-55)81-70(76)57-37-45-62(46-38-57)82-69(75)56-35-41-60(42-36-56)79-51-27-24-21-19-17-20-23-26-29-53-87(8,85(2,3)4)86(5,6)7/h30-50,54H,9-29,51-53H2,1-8H3. The van der Waals surface area contributed by atoms with Gasteiger partial charge in [0.05, 0.1) is 35.5 Å². The first-order valence-corrected chi connectivity index (χ1v) is 43.6. The first-order valence-electron chi connectivity index (χ1n) is 31.9. The molecule has 6 aromatic rings. The molecule has 6 rings (SSSR count). The quantitative estimate of drug-likeness (QED) is 0.0160. The van der Waals surface area contributed by atoms with Gasteiger partial charge < -0.3 is 28.4 Å². The van der Waals surface area contributed by atoms with Crippen LogP contribution in [0, 0.1) is 11.6 Å². The molecule has 0 atom stereocenters. The number of esters is 4. The zero-order valence-corrected chi connectivity index (χ0v) is 56.0. The second-order valence-electron chi connectivity index (χ2n) is 25.3. The van der Waals surface area contributed by atoms with Crippen molar-refractivity contribution >= 4 is 46.2 Å². The van der Waals surface area contributed by atoms with E-state index in [2.05, 4.69) is 52.8 Å². The molecule has 0 heterocycles. The van der Waals surface area contributed by atoms with E-state index < -0.39 is 63.4 Å². The first-order chi connectivity index (χ1) is 41.8. The number of rotatable bonds is 38. The predicted molar refractivity (Wildman–Crippen MR) is 354 cm³/mol.